The zero-order chi connectivity index (χ0) is 15.2. The van der Waals surface area contributed by atoms with Gasteiger partial charge in [-0.3, -0.25) is 4.79 Å². The first-order valence-corrected chi connectivity index (χ1v) is 8.53. The van der Waals surface area contributed by atoms with Crippen LogP contribution in [0.25, 0.3) is 0 Å². The molecule has 1 amide bonds. The van der Waals surface area contributed by atoms with Gasteiger partial charge < -0.3 is 5.32 Å². The van der Waals surface area contributed by atoms with E-state index in [1.165, 1.54) is 17.3 Å². The fourth-order valence-electron chi connectivity index (χ4n) is 2.17. The van der Waals surface area contributed by atoms with Gasteiger partial charge in [0.25, 0.3) is 0 Å². The maximum absolute atomic E-state index is 11.8. The highest BCUT2D eigenvalue weighted by Gasteiger charge is 2.28. The van der Waals surface area contributed by atoms with Gasteiger partial charge in [0, 0.05) is 6.54 Å². The molecule has 116 valence electrons. The first-order valence-electron chi connectivity index (χ1n) is 7.54. The topological polar surface area (TPSA) is 72.7 Å². The van der Waals surface area contributed by atoms with E-state index < -0.39 is 0 Å². The zero-order valence-electron chi connectivity index (χ0n) is 12.3. The number of benzene rings is 1. The van der Waals surface area contributed by atoms with Crippen LogP contribution in [-0.4, -0.2) is 38.4 Å². The lowest BCUT2D eigenvalue weighted by Gasteiger charge is -2.05. The van der Waals surface area contributed by atoms with Crippen molar-refractivity contribution in [3.05, 3.63) is 35.9 Å². The smallest absolute Gasteiger partial charge is 0.230 e. The minimum absolute atomic E-state index is 0.0309. The van der Waals surface area contributed by atoms with Gasteiger partial charge in [0.2, 0.25) is 11.1 Å². The first kappa shape index (κ1) is 15.0. The summed E-state index contributed by atoms with van der Waals surface area (Å²) < 4.78 is 1.83. The van der Waals surface area contributed by atoms with Gasteiger partial charge in [0.1, 0.15) is 0 Å². The lowest BCUT2D eigenvalue weighted by Crippen LogP contribution is -2.26. The molecule has 7 heteroatoms. The van der Waals surface area contributed by atoms with E-state index in [0.717, 1.165) is 30.8 Å². The Hall–Kier alpha value is -1.89. The Kier molecular flexibility index (Phi) is 5.05. The Balaban J connectivity index is 1.33. The van der Waals surface area contributed by atoms with Gasteiger partial charge in [-0.15, -0.1) is 5.10 Å². The van der Waals surface area contributed by atoms with Crippen molar-refractivity contribution in [2.24, 2.45) is 0 Å². The molecule has 1 aliphatic carbocycles. The average Bonchev–Trinajstić information content (AvgIpc) is 3.29. The Morgan fingerprint density at radius 2 is 2.14 bits per heavy atom. The third kappa shape index (κ3) is 4.30. The van der Waals surface area contributed by atoms with Gasteiger partial charge in [-0.1, -0.05) is 42.1 Å². The van der Waals surface area contributed by atoms with E-state index in [1.807, 2.05) is 22.9 Å². The van der Waals surface area contributed by atoms with Gasteiger partial charge >= 0.3 is 0 Å². The molecule has 0 aliphatic heterocycles. The van der Waals surface area contributed by atoms with Crippen molar-refractivity contribution in [3.63, 3.8) is 0 Å². The van der Waals surface area contributed by atoms with E-state index in [2.05, 4.69) is 33.0 Å². The van der Waals surface area contributed by atoms with Crippen LogP contribution in [-0.2, 0) is 11.2 Å². The predicted molar refractivity (Wildman–Crippen MR) is 84.6 cm³/mol. The molecule has 2 aromatic rings. The van der Waals surface area contributed by atoms with Crippen molar-refractivity contribution in [2.45, 2.75) is 36.9 Å². The molecule has 1 saturated carbocycles. The molecule has 0 spiro atoms. The molecule has 1 fully saturated rings. The maximum atomic E-state index is 11.8. The van der Waals surface area contributed by atoms with Crippen molar-refractivity contribution in [1.29, 1.82) is 0 Å². The molecule has 0 unspecified atom stereocenters. The molecule has 1 heterocycles. The molecule has 3 rings (SSSR count). The van der Waals surface area contributed by atoms with Gasteiger partial charge in [-0.05, 0) is 41.7 Å². The molecule has 6 nitrogen and oxygen atoms in total. The van der Waals surface area contributed by atoms with Crippen LogP contribution in [0.1, 0.15) is 30.9 Å². The summed E-state index contributed by atoms with van der Waals surface area (Å²) in [5.74, 6) is 0.390. The Labute approximate surface area is 133 Å². The average molecular weight is 317 g/mol. The summed E-state index contributed by atoms with van der Waals surface area (Å²) in [4.78, 5) is 11.8. The Morgan fingerprint density at radius 3 is 2.91 bits per heavy atom. The number of carbonyl (C=O) groups is 1. The van der Waals surface area contributed by atoms with Crippen molar-refractivity contribution >= 4 is 17.7 Å². The molecule has 0 radical (unpaired) electrons. The van der Waals surface area contributed by atoms with E-state index >= 15 is 0 Å². The molecule has 1 aromatic carbocycles. The van der Waals surface area contributed by atoms with Crippen molar-refractivity contribution in [2.75, 3.05) is 12.3 Å². The van der Waals surface area contributed by atoms with Crippen LogP contribution in [0.4, 0.5) is 0 Å². The number of nitrogens with one attached hydrogen (secondary N) is 1. The second kappa shape index (κ2) is 7.40. The summed E-state index contributed by atoms with van der Waals surface area (Å²) in [6, 6.07) is 10.7. The van der Waals surface area contributed by atoms with Gasteiger partial charge in [0.15, 0.2) is 0 Å². The molecule has 0 saturated heterocycles. The Morgan fingerprint density at radius 1 is 1.32 bits per heavy atom. The monoisotopic (exact) mass is 317 g/mol. The summed E-state index contributed by atoms with van der Waals surface area (Å²) in [7, 11) is 0. The van der Waals surface area contributed by atoms with Crippen LogP contribution >= 0.6 is 11.8 Å². The van der Waals surface area contributed by atoms with E-state index in [9.17, 15) is 4.79 Å². The minimum atomic E-state index is 0.0309. The van der Waals surface area contributed by atoms with Crippen molar-refractivity contribution in [3.8, 4) is 0 Å². The fraction of sp³-hybridized carbons (Fsp3) is 0.467. The largest absolute Gasteiger partial charge is 0.355 e. The summed E-state index contributed by atoms with van der Waals surface area (Å²) in [6.07, 6.45) is 4.18. The second-order valence-electron chi connectivity index (χ2n) is 5.36. The molecule has 22 heavy (non-hydrogen) atoms. The van der Waals surface area contributed by atoms with Gasteiger partial charge in [-0.2, -0.15) is 0 Å². The number of amides is 1. The standard InChI is InChI=1S/C15H19N5OS/c21-14(16-10-4-7-12-5-2-1-3-6-12)11-22-15-17-18-19-20(15)13-8-9-13/h1-3,5-6,13H,4,7-11H2,(H,16,21). The molecule has 0 atom stereocenters. The van der Waals surface area contributed by atoms with E-state index in [1.54, 1.807) is 0 Å². The van der Waals surface area contributed by atoms with E-state index in [4.69, 9.17) is 0 Å². The number of aryl methyl sites for hydroxylation is 1. The molecule has 0 bridgehead atoms. The van der Waals surface area contributed by atoms with Crippen molar-refractivity contribution in [1.82, 2.24) is 25.5 Å². The van der Waals surface area contributed by atoms with E-state index in [0.29, 0.717) is 18.3 Å². The Bertz CT molecular complexity index is 611. The quantitative estimate of drug-likeness (QED) is 0.594. The number of tetrazole rings is 1. The fourth-order valence-corrected chi connectivity index (χ4v) is 2.95. The first-order chi connectivity index (χ1) is 10.8. The zero-order valence-corrected chi connectivity index (χ0v) is 13.1. The second-order valence-corrected chi connectivity index (χ2v) is 6.31. The molecule has 1 N–H and O–H groups in total. The van der Waals surface area contributed by atoms with E-state index in [-0.39, 0.29) is 5.91 Å². The highest BCUT2D eigenvalue weighted by molar-refractivity contribution is 7.99. The number of carbonyl (C=O) groups excluding carboxylic acids is 1. The number of thioether (sulfide) groups is 1. The highest BCUT2D eigenvalue weighted by Crippen LogP contribution is 2.36. The van der Waals surface area contributed by atoms with Crippen LogP contribution in [0.15, 0.2) is 35.5 Å². The molecular weight excluding hydrogens is 298 g/mol. The minimum Gasteiger partial charge on any atom is -0.355 e. The lowest BCUT2D eigenvalue weighted by molar-refractivity contribution is -0.118. The maximum Gasteiger partial charge on any atom is 0.230 e. The number of hydrogen-bond donors (Lipinski definition) is 1. The van der Waals surface area contributed by atoms with Crippen LogP contribution in [0.2, 0.25) is 0 Å². The number of nitrogens with zero attached hydrogens (tertiary/aromatic N) is 4. The number of aromatic nitrogens is 4. The van der Waals surface area contributed by atoms with Crippen LogP contribution < -0.4 is 5.32 Å². The third-order valence-electron chi connectivity index (χ3n) is 3.49. The summed E-state index contributed by atoms with van der Waals surface area (Å²) >= 11 is 1.40. The van der Waals surface area contributed by atoms with Crippen LogP contribution in [0.3, 0.4) is 0 Å². The lowest BCUT2D eigenvalue weighted by atomic mass is 10.1. The summed E-state index contributed by atoms with van der Waals surface area (Å²) in [5.41, 5.74) is 1.30. The van der Waals surface area contributed by atoms with Crippen LogP contribution in [0.5, 0.6) is 0 Å². The third-order valence-corrected chi connectivity index (χ3v) is 4.43. The summed E-state index contributed by atoms with van der Waals surface area (Å²) in [6.45, 7) is 0.696. The normalized spacial score (nSPS) is 14.0. The van der Waals surface area contributed by atoms with Gasteiger partial charge in [-0.25, -0.2) is 4.68 Å². The highest BCUT2D eigenvalue weighted by atomic mass is 32.2. The number of hydrogen-bond acceptors (Lipinski definition) is 5. The molecule has 1 aliphatic rings. The van der Waals surface area contributed by atoms with Crippen molar-refractivity contribution < 1.29 is 4.79 Å². The number of rotatable bonds is 8. The molecular formula is C15H19N5OS. The van der Waals surface area contributed by atoms with Crippen LogP contribution in [0, 0.1) is 0 Å². The predicted octanol–water partition coefficient (Wildman–Crippen LogP) is 1.85. The van der Waals surface area contributed by atoms with Gasteiger partial charge in [0.05, 0.1) is 11.8 Å². The SMILES string of the molecule is O=C(CSc1nnnn1C1CC1)NCCCc1ccccc1. The summed E-state index contributed by atoms with van der Waals surface area (Å²) in [5, 5.41) is 15.3. The molecule has 1 aromatic heterocycles.